The number of amides is 1. The van der Waals surface area contributed by atoms with Crippen LogP contribution in [0.1, 0.15) is 31.7 Å². The number of halogens is 1. The fourth-order valence-corrected chi connectivity index (χ4v) is 4.64. The number of para-hydroxylation sites is 1. The van der Waals surface area contributed by atoms with Gasteiger partial charge in [0, 0.05) is 62.1 Å². The molecule has 2 aliphatic rings. The van der Waals surface area contributed by atoms with Crippen LogP contribution < -0.4 is 26.2 Å². The predicted molar refractivity (Wildman–Crippen MR) is 149 cm³/mol. The van der Waals surface area contributed by atoms with E-state index >= 15 is 0 Å². The Morgan fingerprint density at radius 2 is 1.82 bits per heavy atom. The molecule has 184 valence electrons. The third-order valence-corrected chi connectivity index (χ3v) is 6.47. The normalized spacial score (nSPS) is 19.0. The lowest BCUT2D eigenvalue weighted by molar-refractivity contribution is -0.122. The number of anilines is 2. The van der Waals surface area contributed by atoms with Gasteiger partial charge >= 0.3 is 0 Å². The molecule has 0 radical (unpaired) electrons. The molecule has 2 fully saturated rings. The van der Waals surface area contributed by atoms with Gasteiger partial charge in [0.2, 0.25) is 5.91 Å². The molecule has 4 rings (SSSR count). The van der Waals surface area contributed by atoms with Gasteiger partial charge in [-0.05, 0) is 44.4 Å². The summed E-state index contributed by atoms with van der Waals surface area (Å²) in [5, 5.41) is 7.00. The van der Waals surface area contributed by atoms with E-state index in [1.54, 1.807) is 0 Å². The summed E-state index contributed by atoms with van der Waals surface area (Å²) in [7, 11) is 0. The van der Waals surface area contributed by atoms with Crippen LogP contribution in [-0.2, 0) is 11.3 Å². The minimum Gasteiger partial charge on any atom is -0.369 e. The van der Waals surface area contributed by atoms with Crippen molar-refractivity contribution in [1.29, 1.82) is 0 Å². The van der Waals surface area contributed by atoms with E-state index in [4.69, 9.17) is 10.7 Å². The maximum absolute atomic E-state index is 11.5. The van der Waals surface area contributed by atoms with Crippen LogP contribution in [0.2, 0.25) is 0 Å². The number of piperidine rings is 1. The Labute approximate surface area is 219 Å². The van der Waals surface area contributed by atoms with Crippen LogP contribution in [0.15, 0.2) is 53.7 Å². The number of hydrogen-bond donors (Lipinski definition) is 3. The van der Waals surface area contributed by atoms with Gasteiger partial charge in [-0.15, -0.1) is 24.0 Å². The second-order valence-electron chi connectivity index (χ2n) is 8.76. The lowest BCUT2D eigenvalue weighted by Crippen LogP contribution is -2.44. The summed E-state index contributed by atoms with van der Waals surface area (Å²) in [4.78, 5) is 25.7. The van der Waals surface area contributed by atoms with Crippen molar-refractivity contribution >= 4 is 47.3 Å². The molecule has 2 saturated heterocycles. The number of guanidine groups is 1. The number of carbonyl (C=O) groups excluding carboxylic acids is 1. The SMILES string of the molecule is CCNC(=NCc1cccnc1N1CCC(C(N)=O)CC1)NC1CCN(c2ccccc2)C1.I. The minimum atomic E-state index is -0.195. The molecule has 2 aliphatic heterocycles. The summed E-state index contributed by atoms with van der Waals surface area (Å²) < 4.78 is 0. The summed E-state index contributed by atoms with van der Waals surface area (Å²) >= 11 is 0. The number of nitrogens with zero attached hydrogens (tertiary/aromatic N) is 4. The third-order valence-electron chi connectivity index (χ3n) is 6.47. The second-order valence-corrected chi connectivity index (χ2v) is 8.76. The molecule has 0 spiro atoms. The summed E-state index contributed by atoms with van der Waals surface area (Å²) in [6, 6.07) is 15.0. The fourth-order valence-electron chi connectivity index (χ4n) is 4.64. The van der Waals surface area contributed by atoms with Gasteiger partial charge in [-0.2, -0.15) is 0 Å². The number of pyridine rings is 1. The molecule has 34 heavy (non-hydrogen) atoms. The molecule has 1 aromatic heterocycles. The number of rotatable bonds is 7. The van der Waals surface area contributed by atoms with Crippen LogP contribution >= 0.6 is 24.0 Å². The molecule has 0 bridgehead atoms. The van der Waals surface area contributed by atoms with Gasteiger partial charge in [-0.25, -0.2) is 9.98 Å². The van der Waals surface area contributed by atoms with Gasteiger partial charge < -0.3 is 26.2 Å². The van der Waals surface area contributed by atoms with Gasteiger partial charge in [-0.1, -0.05) is 24.3 Å². The van der Waals surface area contributed by atoms with Crippen molar-refractivity contribution in [3.05, 3.63) is 54.2 Å². The highest BCUT2D eigenvalue weighted by Crippen LogP contribution is 2.25. The standard InChI is InChI=1S/C25H35N7O.HI/c1-2-27-25(30-21-12-16-32(18-21)22-8-4-3-5-9-22)29-17-20-7-6-13-28-24(20)31-14-10-19(11-15-31)23(26)33;/h3-9,13,19,21H,2,10-12,14-18H2,1H3,(H2,26,33)(H2,27,29,30);1H. The number of aliphatic imine (C=N–C) groups is 1. The first-order valence-electron chi connectivity index (χ1n) is 12.0. The van der Waals surface area contributed by atoms with Crippen LogP contribution in [0.5, 0.6) is 0 Å². The Bertz CT molecular complexity index is 947. The van der Waals surface area contributed by atoms with E-state index in [2.05, 4.69) is 68.7 Å². The zero-order valence-corrected chi connectivity index (χ0v) is 22.2. The summed E-state index contributed by atoms with van der Waals surface area (Å²) in [5.41, 5.74) is 7.85. The zero-order valence-electron chi connectivity index (χ0n) is 19.8. The Hall–Kier alpha value is -2.56. The number of nitrogens with two attached hydrogens (primary N) is 1. The molecule has 1 aromatic carbocycles. The molecule has 0 saturated carbocycles. The number of aromatic nitrogens is 1. The predicted octanol–water partition coefficient (Wildman–Crippen LogP) is 2.74. The number of nitrogens with one attached hydrogen (secondary N) is 2. The summed E-state index contributed by atoms with van der Waals surface area (Å²) in [6.07, 6.45) is 4.45. The molecule has 8 nitrogen and oxygen atoms in total. The smallest absolute Gasteiger partial charge is 0.220 e. The first kappa shape index (κ1) is 26.1. The molecular weight excluding hydrogens is 541 g/mol. The molecule has 9 heteroatoms. The molecule has 1 atom stereocenters. The molecule has 1 amide bonds. The minimum absolute atomic E-state index is 0. The second kappa shape index (κ2) is 12.8. The van der Waals surface area contributed by atoms with E-state index < -0.39 is 0 Å². The largest absolute Gasteiger partial charge is 0.369 e. The first-order chi connectivity index (χ1) is 16.1. The third kappa shape index (κ3) is 6.74. The highest BCUT2D eigenvalue weighted by atomic mass is 127. The molecular formula is C25H36IN7O. The van der Waals surface area contributed by atoms with E-state index in [9.17, 15) is 4.79 Å². The topological polar surface area (TPSA) is 98.9 Å². The first-order valence-corrected chi connectivity index (χ1v) is 12.0. The van der Waals surface area contributed by atoms with Crippen molar-refractivity contribution in [1.82, 2.24) is 15.6 Å². The van der Waals surface area contributed by atoms with Crippen molar-refractivity contribution in [2.75, 3.05) is 42.5 Å². The lowest BCUT2D eigenvalue weighted by atomic mass is 9.96. The quantitative estimate of drug-likeness (QED) is 0.266. The maximum atomic E-state index is 11.5. The average molecular weight is 578 g/mol. The van der Waals surface area contributed by atoms with E-state index in [0.29, 0.717) is 12.6 Å². The van der Waals surface area contributed by atoms with Gasteiger partial charge in [0.15, 0.2) is 5.96 Å². The fraction of sp³-hybridized carbons (Fsp3) is 0.480. The van der Waals surface area contributed by atoms with Crippen molar-refractivity contribution in [2.45, 2.75) is 38.8 Å². The van der Waals surface area contributed by atoms with Crippen molar-refractivity contribution < 1.29 is 4.79 Å². The lowest BCUT2D eigenvalue weighted by Gasteiger charge is -2.32. The van der Waals surface area contributed by atoms with Crippen LogP contribution in [0.25, 0.3) is 0 Å². The summed E-state index contributed by atoms with van der Waals surface area (Å²) in [5.74, 6) is 1.56. The molecule has 4 N–H and O–H groups in total. The van der Waals surface area contributed by atoms with E-state index in [1.165, 1.54) is 5.69 Å². The Balaban J connectivity index is 0.00000324. The van der Waals surface area contributed by atoms with Crippen LogP contribution in [0.4, 0.5) is 11.5 Å². The van der Waals surface area contributed by atoms with Crippen LogP contribution in [-0.4, -0.2) is 55.6 Å². The summed E-state index contributed by atoms with van der Waals surface area (Å²) in [6.45, 7) is 7.01. The molecule has 3 heterocycles. The van der Waals surface area contributed by atoms with Crippen molar-refractivity contribution in [2.24, 2.45) is 16.6 Å². The highest BCUT2D eigenvalue weighted by Gasteiger charge is 2.25. The highest BCUT2D eigenvalue weighted by molar-refractivity contribution is 14.0. The van der Waals surface area contributed by atoms with Gasteiger partial charge in [0.05, 0.1) is 6.54 Å². The number of benzene rings is 1. The number of hydrogen-bond acceptors (Lipinski definition) is 5. The van der Waals surface area contributed by atoms with Gasteiger partial charge in [0.1, 0.15) is 5.82 Å². The molecule has 1 unspecified atom stereocenters. The van der Waals surface area contributed by atoms with Gasteiger partial charge in [-0.3, -0.25) is 4.79 Å². The van der Waals surface area contributed by atoms with Crippen molar-refractivity contribution in [3.8, 4) is 0 Å². The zero-order chi connectivity index (χ0) is 23.0. The van der Waals surface area contributed by atoms with Crippen molar-refractivity contribution in [3.63, 3.8) is 0 Å². The number of carbonyl (C=O) groups is 1. The average Bonchev–Trinajstić information content (AvgIpc) is 3.32. The van der Waals surface area contributed by atoms with E-state index in [-0.39, 0.29) is 35.8 Å². The monoisotopic (exact) mass is 577 g/mol. The van der Waals surface area contributed by atoms with Gasteiger partial charge in [0.25, 0.3) is 0 Å². The number of primary amides is 1. The maximum Gasteiger partial charge on any atom is 0.220 e. The van der Waals surface area contributed by atoms with E-state index in [0.717, 1.165) is 69.3 Å². The van der Waals surface area contributed by atoms with Crippen LogP contribution in [0, 0.1) is 5.92 Å². The molecule has 0 aliphatic carbocycles. The molecule has 2 aromatic rings. The van der Waals surface area contributed by atoms with E-state index in [1.807, 2.05) is 12.3 Å². The Morgan fingerprint density at radius 3 is 2.53 bits per heavy atom. The Kier molecular flexibility index (Phi) is 9.79. The van der Waals surface area contributed by atoms with Crippen LogP contribution in [0.3, 0.4) is 0 Å². The Morgan fingerprint density at radius 1 is 1.09 bits per heavy atom.